The summed E-state index contributed by atoms with van der Waals surface area (Å²) in [5.41, 5.74) is 1.54. The first-order chi connectivity index (χ1) is 14.4. The zero-order chi connectivity index (χ0) is 21.4. The van der Waals surface area contributed by atoms with Gasteiger partial charge < -0.3 is 10.6 Å². The first-order valence-electron chi connectivity index (χ1n) is 10.1. The maximum atomic E-state index is 12.4. The van der Waals surface area contributed by atoms with Gasteiger partial charge in [-0.15, -0.1) is 0 Å². The quantitative estimate of drug-likeness (QED) is 0.574. The minimum Gasteiger partial charge on any atom is -0.335 e. The van der Waals surface area contributed by atoms with Gasteiger partial charge >= 0.3 is 6.03 Å². The first kappa shape index (κ1) is 22.5. The topological polar surface area (TPSA) is 100 Å². The molecule has 0 atom stereocenters. The summed E-state index contributed by atoms with van der Waals surface area (Å²) in [6.07, 6.45) is 6.80. The maximum Gasteiger partial charge on any atom is 0.315 e. The third-order valence-corrected chi connectivity index (χ3v) is 6.92. The van der Waals surface area contributed by atoms with Crippen LogP contribution in [-0.2, 0) is 22.3 Å². The van der Waals surface area contributed by atoms with Crippen LogP contribution in [0.15, 0.2) is 48.8 Å². The van der Waals surface area contributed by atoms with Gasteiger partial charge in [-0.25, -0.2) is 17.9 Å². The van der Waals surface area contributed by atoms with Crippen LogP contribution in [0.4, 0.5) is 4.79 Å². The van der Waals surface area contributed by atoms with Crippen molar-refractivity contribution < 1.29 is 13.2 Å². The largest absolute Gasteiger partial charge is 0.335 e. The molecule has 7 nitrogen and oxygen atoms in total. The lowest BCUT2D eigenvalue weighted by Crippen LogP contribution is -2.44. The van der Waals surface area contributed by atoms with Crippen LogP contribution in [0.25, 0.3) is 0 Å². The Morgan fingerprint density at radius 1 is 1.10 bits per heavy atom. The van der Waals surface area contributed by atoms with Gasteiger partial charge in [-0.1, -0.05) is 35.9 Å². The molecule has 0 saturated heterocycles. The van der Waals surface area contributed by atoms with E-state index in [2.05, 4.69) is 20.3 Å². The van der Waals surface area contributed by atoms with Crippen molar-refractivity contribution >= 4 is 27.7 Å². The second-order valence-corrected chi connectivity index (χ2v) is 9.82. The van der Waals surface area contributed by atoms with E-state index >= 15 is 0 Å². The number of pyridine rings is 1. The van der Waals surface area contributed by atoms with Crippen molar-refractivity contribution in [2.45, 2.75) is 44.0 Å². The molecule has 1 fully saturated rings. The second-order valence-electron chi connectivity index (χ2n) is 7.60. The molecule has 0 aliphatic heterocycles. The number of amides is 2. The average Bonchev–Trinajstić information content (AvgIpc) is 2.74. The van der Waals surface area contributed by atoms with Crippen molar-refractivity contribution in [2.24, 2.45) is 5.92 Å². The number of halogens is 1. The Bertz CT molecular complexity index is 932. The van der Waals surface area contributed by atoms with Crippen LogP contribution >= 0.6 is 11.6 Å². The molecule has 30 heavy (non-hydrogen) atoms. The Kier molecular flexibility index (Phi) is 8.07. The molecule has 0 unspecified atom stereocenters. The SMILES string of the molecule is O=C(NCc1cccnc1)NC1CCC(CNS(=O)(=O)Cc2ccccc2Cl)CC1. The van der Waals surface area contributed by atoms with Crippen LogP contribution < -0.4 is 15.4 Å². The lowest BCUT2D eigenvalue weighted by atomic mass is 9.86. The van der Waals surface area contributed by atoms with Gasteiger partial charge in [0.05, 0.1) is 5.75 Å². The number of hydrogen-bond acceptors (Lipinski definition) is 4. The zero-order valence-electron chi connectivity index (χ0n) is 16.7. The Morgan fingerprint density at radius 2 is 1.87 bits per heavy atom. The normalized spacial score (nSPS) is 19.2. The molecule has 0 radical (unpaired) electrons. The fraction of sp³-hybridized carbons (Fsp3) is 0.429. The van der Waals surface area contributed by atoms with Crippen LogP contribution in [0.1, 0.15) is 36.8 Å². The molecule has 3 rings (SSSR count). The Morgan fingerprint density at radius 3 is 2.57 bits per heavy atom. The molecule has 1 saturated carbocycles. The molecular weight excluding hydrogens is 424 g/mol. The van der Waals surface area contributed by atoms with Crippen molar-refractivity contribution in [3.05, 3.63) is 64.9 Å². The average molecular weight is 451 g/mol. The molecule has 1 aromatic carbocycles. The summed E-state index contributed by atoms with van der Waals surface area (Å²) in [4.78, 5) is 16.1. The Hall–Kier alpha value is -2.16. The van der Waals surface area contributed by atoms with E-state index in [1.807, 2.05) is 12.1 Å². The highest BCUT2D eigenvalue weighted by atomic mass is 35.5. The molecule has 0 spiro atoms. The van der Waals surface area contributed by atoms with Crippen molar-refractivity contribution in [1.82, 2.24) is 20.3 Å². The summed E-state index contributed by atoms with van der Waals surface area (Å²) in [6, 6.07) is 10.6. The van der Waals surface area contributed by atoms with E-state index in [0.29, 0.717) is 23.7 Å². The van der Waals surface area contributed by atoms with Crippen molar-refractivity contribution in [3.8, 4) is 0 Å². The van der Waals surface area contributed by atoms with Crippen molar-refractivity contribution in [1.29, 1.82) is 0 Å². The number of nitrogens with zero attached hydrogens (tertiary/aromatic N) is 1. The third-order valence-electron chi connectivity index (χ3n) is 5.25. The fourth-order valence-corrected chi connectivity index (χ4v) is 5.08. The Labute approximate surface area is 182 Å². The summed E-state index contributed by atoms with van der Waals surface area (Å²) in [5.74, 6) is 0.142. The zero-order valence-corrected chi connectivity index (χ0v) is 18.3. The van der Waals surface area contributed by atoms with E-state index < -0.39 is 10.0 Å². The number of nitrogens with one attached hydrogen (secondary N) is 3. The molecule has 2 amide bonds. The smallest absolute Gasteiger partial charge is 0.315 e. The Balaban J connectivity index is 1.36. The number of carbonyl (C=O) groups is 1. The molecule has 0 bridgehead atoms. The van der Waals surface area contributed by atoms with Gasteiger partial charge in [0, 0.05) is 36.5 Å². The van der Waals surface area contributed by atoms with Gasteiger partial charge in [0.25, 0.3) is 0 Å². The van der Waals surface area contributed by atoms with Gasteiger partial charge in [-0.2, -0.15) is 0 Å². The van der Waals surface area contributed by atoms with E-state index in [0.717, 1.165) is 31.2 Å². The highest BCUT2D eigenvalue weighted by Crippen LogP contribution is 2.24. The number of carbonyl (C=O) groups excluding carboxylic acids is 1. The second kappa shape index (κ2) is 10.7. The fourth-order valence-electron chi connectivity index (χ4n) is 3.55. The summed E-state index contributed by atoms with van der Waals surface area (Å²) in [6.45, 7) is 0.842. The van der Waals surface area contributed by atoms with Gasteiger partial charge in [0.1, 0.15) is 0 Å². The molecule has 3 N–H and O–H groups in total. The number of hydrogen-bond donors (Lipinski definition) is 3. The van der Waals surface area contributed by atoms with E-state index in [9.17, 15) is 13.2 Å². The highest BCUT2D eigenvalue weighted by Gasteiger charge is 2.24. The van der Waals surface area contributed by atoms with E-state index in [1.54, 1.807) is 36.7 Å². The van der Waals surface area contributed by atoms with Crippen LogP contribution in [0, 0.1) is 5.92 Å². The summed E-state index contributed by atoms with van der Waals surface area (Å²) >= 11 is 6.06. The van der Waals surface area contributed by atoms with E-state index in [4.69, 9.17) is 11.6 Å². The van der Waals surface area contributed by atoms with E-state index in [-0.39, 0.29) is 23.7 Å². The molecule has 1 aliphatic carbocycles. The number of sulfonamides is 1. The molecule has 1 heterocycles. The van der Waals surface area contributed by atoms with Gasteiger partial charge in [0.15, 0.2) is 0 Å². The molecular formula is C21H27ClN4O3S. The lowest BCUT2D eigenvalue weighted by Gasteiger charge is -2.29. The first-order valence-corrected chi connectivity index (χ1v) is 12.1. The van der Waals surface area contributed by atoms with Crippen LogP contribution in [0.2, 0.25) is 5.02 Å². The summed E-state index contributed by atoms with van der Waals surface area (Å²) < 4.78 is 27.4. The molecule has 9 heteroatoms. The highest BCUT2D eigenvalue weighted by molar-refractivity contribution is 7.88. The summed E-state index contributed by atoms with van der Waals surface area (Å²) in [5, 5.41) is 6.29. The van der Waals surface area contributed by atoms with E-state index in [1.165, 1.54) is 0 Å². The number of rotatable bonds is 8. The van der Waals surface area contributed by atoms with Gasteiger partial charge in [0.2, 0.25) is 10.0 Å². The monoisotopic (exact) mass is 450 g/mol. The minimum atomic E-state index is -3.44. The number of benzene rings is 1. The number of aromatic nitrogens is 1. The number of urea groups is 1. The van der Waals surface area contributed by atoms with Crippen LogP contribution in [0.3, 0.4) is 0 Å². The maximum absolute atomic E-state index is 12.4. The molecule has 2 aromatic rings. The predicted molar refractivity (Wildman–Crippen MR) is 117 cm³/mol. The standard InChI is InChI=1S/C21H27ClN4O3S/c22-20-6-2-1-5-18(20)15-30(28,29)25-14-16-7-9-19(10-8-16)26-21(27)24-13-17-4-3-11-23-12-17/h1-6,11-12,16,19,25H,7-10,13-15H2,(H2,24,26,27). The van der Waals surface area contributed by atoms with Gasteiger partial charge in [-0.3, -0.25) is 4.98 Å². The summed E-state index contributed by atoms with van der Waals surface area (Å²) in [7, 11) is -3.44. The van der Waals surface area contributed by atoms with Crippen LogP contribution in [0.5, 0.6) is 0 Å². The lowest BCUT2D eigenvalue weighted by molar-refractivity contribution is 0.227. The molecule has 162 valence electrons. The van der Waals surface area contributed by atoms with Crippen molar-refractivity contribution in [3.63, 3.8) is 0 Å². The molecule has 1 aromatic heterocycles. The van der Waals surface area contributed by atoms with Gasteiger partial charge in [-0.05, 0) is 54.9 Å². The van der Waals surface area contributed by atoms with Crippen molar-refractivity contribution in [2.75, 3.05) is 6.54 Å². The van der Waals surface area contributed by atoms with Crippen LogP contribution in [-0.4, -0.2) is 32.0 Å². The predicted octanol–water partition coefficient (Wildman–Crippen LogP) is 3.21. The molecule has 1 aliphatic rings. The minimum absolute atomic E-state index is 0.106. The third kappa shape index (κ3) is 7.27.